The van der Waals surface area contributed by atoms with Crippen molar-refractivity contribution < 1.29 is 28.6 Å². The maximum Gasteiger partial charge on any atom is 0.306 e. The third kappa shape index (κ3) is 60.7. The van der Waals surface area contributed by atoms with Crippen LogP contribution in [0.4, 0.5) is 0 Å². The molecule has 0 N–H and O–H groups in total. The van der Waals surface area contributed by atoms with Crippen LogP contribution in [-0.4, -0.2) is 37.2 Å². The monoisotopic (exact) mass is 1050 g/mol. The second-order valence-electron chi connectivity index (χ2n) is 20.6. The Labute approximate surface area is 469 Å². The molecule has 0 radical (unpaired) electrons. The molecule has 432 valence electrons. The predicted molar refractivity (Wildman–Crippen MR) is 330 cm³/mol. The van der Waals surface area contributed by atoms with Crippen LogP contribution in [0.2, 0.25) is 0 Å². The van der Waals surface area contributed by atoms with E-state index in [4.69, 9.17) is 14.2 Å². The first kappa shape index (κ1) is 71.8. The number of esters is 3. The van der Waals surface area contributed by atoms with Crippen molar-refractivity contribution in [1.82, 2.24) is 0 Å². The van der Waals surface area contributed by atoms with Crippen LogP contribution >= 0.6 is 0 Å². The van der Waals surface area contributed by atoms with E-state index in [0.29, 0.717) is 19.3 Å². The molecule has 1 unspecified atom stereocenters. The molecule has 0 aromatic rings. The highest BCUT2D eigenvalue weighted by atomic mass is 16.6. The Kier molecular flexibility index (Phi) is 59.9. The quantitative estimate of drug-likeness (QED) is 0.0261. The van der Waals surface area contributed by atoms with E-state index in [-0.39, 0.29) is 31.6 Å². The molecule has 0 aromatic carbocycles. The minimum Gasteiger partial charge on any atom is -0.462 e. The van der Waals surface area contributed by atoms with Gasteiger partial charge >= 0.3 is 17.9 Å². The van der Waals surface area contributed by atoms with Crippen LogP contribution in [0.3, 0.4) is 0 Å². The normalized spacial score (nSPS) is 12.9. The Morgan fingerprint density at radius 1 is 0.276 bits per heavy atom. The lowest BCUT2D eigenvalue weighted by atomic mass is 10.0. The highest BCUT2D eigenvalue weighted by Crippen LogP contribution is 2.16. The van der Waals surface area contributed by atoms with Gasteiger partial charge in [-0.05, 0) is 96.3 Å². The van der Waals surface area contributed by atoms with Crippen molar-refractivity contribution >= 4 is 17.9 Å². The minimum atomic E-state index is -0.818. The first-order valence-electron chi connectivity index (χ1n) is 31.5. The van der Waals surface area contributed by atoms with Gasteiger partial charge in [0.1, 0.15) is 13.2 Å². The third-order valence-corrected chi connectivity index (χ3v) is 13.2. The van der Waals surface area contributed by atoms with Gasteiger partial charge in [-0.2, -0.15) is 0 Å². The smallest absolute Gasteiger partial charge is 0.306 e. The molecule has 0 bridgehead atoms. The largest absolute Gasteiger partial charge is 0.462 e. The molecule has 0 aliphatic heterocycles. The predicted octanol–water partition coefficient (Wildman–Crippen LogP) is 21.6. The topological polar surface area (TPSA) is 78.9 Å². The molecular formula is C70H116O6. The van der Waals surface area contributed by atoms with Gasteiger partial charge in [0, 0.05) is 19.3 Å². The van der Waals surface area contributed by atoms with Crippen LogP contribution in [0.25, 0.3) is 0 Å². The van der Waals surface area contributed by atoms with Crippen molar-refractivity contribution in [2.45, 2.75) is 290 Å². The zero-order valence-electron chi connectivity index (χ0n) is 49.5. The van der Waals surface area contributed by atoms with Crippen molar-refractivity contribution in [3.05, 3.63) is 122 Å². The maximum atomic E-state index is 12.8. The molecule has 6 heteroatoms. The summed E-state index contributed by atoms with van der Waals surface area (Å²) in [5.41, 5.74) is 0. The maximum absolute atomic E-state index is 12.8. The van der Waals surface area contributed by atoms with E-state index < -0.39 is 12.1 Å². The van der Waals surface area contributed by atoms with Gasteiger partial charge in [0.2, 0.25) is 0 Å². The molecule has 6 nitrogen and oxygen atoms in total. The van der Waals surface area contributed by atoms with Crippen LogP contribution in [0.1, 0.15) is 284 Å². The fourth-order valence-corrected chi connectivity index (χ4v) is 8.58. The van der Waals surface area contributed by atoms with Crippen LogP contribution in [0.15, 0.2) is 122 Å². The average Bonchev–Trinajstić information content (AvgIpc) is 3.42. The molecule has 0 aromatic heterocycles. The summed E-state index contributed by atoms with van der Waals surface area (Å²) in [6.45, 7) is 6.35. The summed E-state index contributed by atoms with van der Waals surface area (Å²) in [4.78, 5) is 38.1. The average molecular weight is 1050 g/mol. The van der Waals surface area contributed by atoms with Crippen LogP contribution in [0.5, 0.6) is 0 Å². The lowest BCUT2D eigenvalue weighted by Gasteiger charge is -2.18. The van der Waals surface area contributed by atoms with E-state index in [0.717, 1.165) is 103 Å². The molecule has 0 saturated carbocycles. The van der Waals surface area contributed by atoms with Gasteiger partial charge in [0.15, 0.2) is 6.10 Å². The number of ether oxygens (including phenoxy) is 3. The van der Waals surface area contributed by atoms with E-state index in [9.17, 15) is 14.4 Å². The lowest BCUT2D eigenvalue weighted by Crippen LogP contribution is -2.30. The number of unbranched alkanes of at least 4 members (excludes halogenated alkanes) is 25. The number of carbonyl (C=O) groups is 3. The summed E-state index contributed by atoms with van der Waals surface area (Å²) in [5, 5.41) is 0. The van der Waals surface area contributed by atoms with Crippen LogP contribution in [0, 0.1) is 0 Å². The van der Waals surface area contributed by atoms with Crippen LogP contribution < -0.4 is 0 Å². The standard InChI is InChI=1S/C70H116O6/c1-4-7-10-13-16-19-22-24-26-28-30-31-32-33-34-35-36-37-38-39-41-42-44-46-48-51-54-57-60-63-69(72)75-66-67(65-74-68(71)62-59-56-53-50-21-18-15-12-9-6-3)76-70(73)64-61-58-55-52-49-47-45-43-40-29-27-25-23-20-17-14-11-8-5-2/h7-8,10-11,16-17,19-20,24-27,30-31,40,43,47,49,55,58,67H,4-6,9,12-15,18,21-23,28-29,32-39,41-42,44-46,48,50-54,56-57,59-66H2,1-3H3/b10-7-,11-8-,19-16-,20-17-,26-24-,27-25-,31-30-,43-40-,49-47-,58-55-. The molecule has 0 rings (SSSR count). The first-order valence-corrected chi connectivity index (χ1v) is 31.5. The van der Waals surface area contributed by atoms with E-state index in [1.54, 1.807) is 0 Å². The molecule has 0 heterocycles. The van der Waals surface area contributed by atoms with Gasteiger partial charge in [-0.15, -0.1) is 0 Å². The minimum absolute atomic E-state index is 0.107. The molecule has 0 amide bonds. The van der Waals surface area contributed by atoms with Crippen LogP contribution in [-0.2, 0) is 28.6 Å². The number of hydrogen-bond acceptors (Lipinski definition) is 6. The van der Waals surface area contributed by atoms with Crippen molar-refractivity contribution in [1.29, 1.82) is 0 Å². The number of hydrogen-bond donors (Lipinski definition) is 0. The fourth-order valence-electron chi connectivity index (χ4n) is 8.58. The van der Waals surface area contributed by atoms with Gasteiger partial charge in [0.05, 0.1) is 0 Å². The molecule has 76 heavy (non-hydrogen) atoms. The molecule has 0 fully saturated rings. The zero-order valence-corrected chi connectivity index (χ0v) is 49.5. The zero-order chi connectivity index (χ0) is 55.0. The van der Waals surface area contributed by atoms with E-state index in [1.807, 2.05) is 6.08 Å². The SMILES string of the molecule is CC/C=C\C/C=C\C/C=C\C/C=C\C/C=C\C/C=C\CCC(=O)OC(COC(=O)CCCCCCCCCCCC)COC(=O)CCCCCCCCCCCCCCCCCC/C=C\C/C=C\C/C=C\C/C=C\CC. The number of carbonyl (C=O) groups excluding carboxylic acids is 3. The van der Waals surface area contributed by atoms with Gasteiger partial charge in [-0.25, -0.2) is 0 Å². The summed E-state index contributed by atoms with van der Waals surface area (Å²) in [6.07, 6.45) is 88.0. The summed E-state index contributed by atoms with van der Waals surface area (Å²) in [7, 11) is 0. The second-order valence-corrected chi connectivity index (χ2v) is 20.6. The van der Waals surface area contributed by atoms with E-state index in [1.165, 1.54) is 135 Å². The summed E-state index contributed by atoms with van der Waals surface area (Å²) < 4.78 is 16.8. The Hall–Kier alpha value is -4.19. The lowest BCUT2D eigenvalue weighted by molar-refractivity contribution is -0.166. The van der Waals surface area contributed by atoms with Crippen molar-refractivity contribution in [3.63, 3.8) is 0 Å². The summed E-state index contributed by atoms with van der Waals surface area (Å²) >= 11 is 0. The van der Waals surface area contributed by atoms with Crippen molar-refractivity contribution in [2.75, 3.05) is 13.2 Å². The molecule has 0 aliphatic rings. The summed E-state index contributed by atoms with van der Waals surface area (Å²) in [6, 6.07) is 0. The molecule has 0 spiro atoms. The number of allylic oxidation sites excluding steroid dienone is 20. The molecule has 0 aliphatic carbocycles. The second kappa shape index (κ2) is 63.3. The fraction of sp³-hybridized carbons (Fsp3) is 0.671. The van der Waals surface area contributed by atoms with E-state index >= 15 is 0 Å². The highest BCUT2D eigenvalue weighted by molar-refractivity contribution is 5.71. The van der Waals surface area contributed by atoms with Crippen molar-refractivity contribution in [3.8, 4) is 0 Å². The number of rotatable bonds is 56. The Balaban J connectivity index is 4.27. The van der Waals surface area contributed by atoms with Gasteiger partial charge < -0.3 is 14.2 Å². The van der Waals surface area contributed by atoms with Gasteiger partial charge in [0.25, 0.3) is 0 Å². The Morgan fingerprint density at radius 2 is 0.539 bits per heavy atom. The highest BCUT2D eigenvalue weighted by Gasteiger charge is 2.19. The van der Waals surface area contributed by atoms with Crippen molar-refractivity contribution in [2.24, 2.45) is 0 Å². The molecule has 0 saturated heterocycles. The Morgan fingerprint density at radius 3 is 0.855 bits per heavy atom. The third-order valence-electron chi connectivity index (χ3n) is 13.2. The Bertz CT molecular complexity index is 1590. The van der Waals surface area contributed by atoms with E-state index in [2.05, 4.69) is 136 Å². The summed E-state index contributed by atoms with van der Waals surface area (Å²) in [5.74, 6) is -0.989. The first-order chi connectivity index (χ1) is 37.5. The molecule has 1 atom stereocenters. The molecular weight excluding hydrogens is 937 g/mol. The van der Waals surface area contributed by atoms with Gasteiger partial charge in [-0.3, -0.25) is 14.4 Å². The van der Waals surface area contributed by atoms with Gasteiger partial charge in [-0.1, -0.05) is 290 Å².